The van der Waals surface area contributed by atoms with Crippen LogP contribution in [-0.4, -0.2) is 51.2 Å². The summed E-state index contributed by atoms with van der Waals surface area (Å²) in [5.41, 5.74) is 2.28. The number of sulfone groups is 1. The van der Waals surface area contributed by atoms with Crippen LogP contribution in [0, 0.1) is 0 Å². The molecule has 170 valence electrons. The van der Waals surface area contributed by atoms with E-state index in [0.29, 0.717) is 18.1 Å². The Balaban J connectivity index is 1.14. The molecule has 0 aliphatic carbocycles. The van der Waals surface area contributed by atoms with E-state index in [2.05, 4.69) is 10.2 Å². The Morgan fingerprint density at radius 1 is 1.12 bits per heavy atom. The van der Waals surface area contributed by atoms with Gasteiger partial charge in [-0.15, -0.1) is 0 Å². The van der Waals surface area contributed by atoms with Crippen molar-refractivity contribution in [2.75, 3.05) is 37.3 Å². The number of nitrogens with one attached hydrogen (secondary N) is 1. The van der Waals surface area contributed by atoms with Gasteiger partial charge in [0, 0.05) is 17.3 Å². The maximum Gasteiger partial charge on any atom is 0.235 e. The van der Waals surface area contributed by atoms with E-state index < -0.39 is 15.3 Å². The zero-order chi connectivity index (χ0) is 22.3. The second kappa shape index (κ2) is 8.36. The minimum Gasteiger partial charge on any atom is -0.492 e. The average molecular weight is 475 g/mol. The fraction of sp³-hybridized carbons (Fsp3) is 0.458. The molecule has 1 amide bonds. The minimum absolute atomic E-state index is 0.0787. The van der Waals surface area contributed by atoms with Gasteiger partial charge < -0.3 is 10.1 Å². The summed E-state index contributed by atoms with van der Waals surface area (Å²) >= 11 is 6.19. The highest BCUT2D eigenvalue weighted by Crippen LogP contribution is 2.45. The molecule has 0 bridgehead atoms. The van der Waals surface area contributed by atoms with E-state index in [-0.39, 0.29) is 16.9 Å². The number of benzene rings is 2. The number of fused-ring (bicyclic) bond motifs is 2. The van der Waals surface area contributed by atoms with Crippen molar-refractivity contribution in [2.24, 2.45) is 0 Å². The van der Waals surface area contributed by atoms with Gasteiger partial charge in [0.2, 0.25) is 5.91 Å². The third-order valence-electron chi connectivity index (χ3n) is 7.15. The summed E-state index contributed by atoms with van der Waals surface area (Å²) in [6.45, 7) is 2.96. The molecule has 2 saturated heterocycles. The lowest BCUT2D eigenvalue weighted by molar-refractivity contribution is -0.122. The molecule has 5 rings (SSSR count). The molecule has 0 radical (unpaired) electrons. The predicted octanol–water partition coefficient (Wildman–Crippen LogP) is 3.95. The Bertz CT molecular complexity index is 1130. The second-order valence-electron chi connectivity index (χ2n) is 8.98. The van der Waals surface area contributed by atoms with Crippen molar-refractivity contribution in [1.82, 2.24) is 4.90 Å². The van der Waals surface area contributed by atoms with Gasteiger partial charge in [-0.1, -0.05) is 23.7 Å². The first kappa shape index (κ1) is 21.7. The van der Waals surface area contributed by atoms with Crippen LogP contribution < -0.4 is 10.1 Å². The number of anilines is 1. The fourth-order valence-corrected chi connectivity index (χ4v) is 7.40. The zero-order valence-corrected chi connectivity index (χ0v) is 19.4. The molecule has 1 atom stereocenters. The quantitative estimate of drug-likeness (QED) is 0.710. The number of carbonyl (C=O) groups is 1. The van der Waals surface area contributed by atoms with E-state index in [1.165, 1.54) is 0 Å². The molecule has 1 N–H and O–H groups in total. The number of hydrogen-bond acceptors (Lipinski definition) is 5. The largest absolute Gasteiger partial charge is 0.492 e. The molecule has 1 spiro atoms. The SMILES string of the molecule is O=C1Nc2ccc(Cl)cc2C12CCN(CCOc1ccc([C@@H]3CCCS3(=O)=O)cc1)CC2. The summed E-state index contributed by atoms with van der Waals surface area (Å²) in [5.74, 6) is 1.11. The molecule has 3 aliphatic heterocycles. The summed E-state index contributed by atoms with van der Waals surface area (Å²) in [6.07, 6.45) is 2.96. The van der Waals surface area contributed by atoms with Gasteiger partial charge in [-0.25, -0.2) is 8.42 Å². The van der Waals surface area contributed by atoms with Crippen LogP contribution in [0.1, 0.15) is 42.1 Å². The van der Waals surface area contributed by atoms with Crippen LogP contribution in [0.5, 0.6) is 5.75 Å². The highest BCUT2D eigenvalue weighted by atomic mass is 35.5. The van der Waals surface area contributed by atoms with E-state index in [9.17, 15) is 13.2 Å². The lowest BCUT2D eigenvalue weighted by Gasteiger charge is -2.38. The Kier molecular flexibility index (Phi) is 5.68. The van der Waals surface area contributed by atoms with Gasteiger partial charge in [0.25, 0.3) is 0 Å². The topological polar surface area (TPSA) is 75.7 Å². The second-order valence-corrected chi connectivity index (χ2v) is 11.7. The van der Waals surface area contributed by atoms with E-state index in [4.69, 9.17) is 16.3 Å². The molecule has 3 heterocycles. The number of nitrogens with zero attached hydrogens (tertiary/aromatic N) is 1. The van der Waals surface area contributed by atoms with Gasteiger partial charge >= 0.3 is 0 Å². The van der Waals surface area contributed by atoms with E-state index in [1.54, 1.807) is 0 Å². The number of carbonyl (C=O) groups excluding carboxylic acids is 1. The lowest BCUT2D eigenvalue weighted by atomic mass is 9.73. The Labute approximate surface area is 193 Å². The van der Waals surface area contributed by atoms with Gasteiger partial charge in [0.1, 0.15) is 12.4 Å². The van der Waals surface area contributed by atoms with Gasteiger partial charge in [0.15, 0.2) is 9.84 Å². The highest BCUT2D eigenvalue weighted by molar-refractivity contribution is 7.91. The van der Waals surface area contributed by atoms with Crippen LogP contribution in [-0.2, 0) is 20.0 Å². The summed E-state index contributed by atoms with van der Waals surface area (Å²) in [7, 11) is -3.00. The van der Waals surface area contributed by atoms with Crippen molar-refractivity contribution in [3.05, 3.63) is 58.6 Å². The molecule has 32 heavy (non-hydrogen) atoms. The van der Waals surface area contributed by atoms with Crippen LogP contribution in [0.2, 0.25) is 5.02 Å². The maximum atomic E-state index is 12.8. The van der Waals surface area contributed by atoms with Crippen LogP contribution in [0.25, 0.3) is 0 Å². The van der Waals surface area contributed by atoms with Gasteiger partial charge in [0.05, 0.1) is 16.4 Å². The third kappa shape index (κ3) is 3.91. The Morgan fingerprint density at radius 3 is 2.56 bits per heavy atom. The highest BCUT2D eigenvalue weighted by Gasteiger charge is 2.48. The number of rotatable bonds is 5. The number of halogens is 1. The molecule has 2 aromatic rings. The molecule has 6 nitrogen and oxygen atoms in total. The summed E-state index contributed by atoms with van der Waals surface area (Å²) in [4.78, 5) is 15.1. The Morgan fingerprint density at radius 2 is 1.88 bits per heavy atom. The van der Waals surface area contributed by atoms with Crippen molar-refractivity contribution in [3.8, 4) is 5.75 Å². The number of amides is 1. The van der Waals surface area contributed by atoms with E-state index in [1.807, 2.05) is 42.5 Å². The normalized spacial score (nSPS) is 23.8. The van der Waals surface area contributed by atoms with Crippen LogP contribution >= 0.6 is 11.6 Å². The first-order valence-electron chi connectivity index (χ1n) is 11.2. The average Bonchev–Trinajstić information content (AvgIpc) is 3.26. The summed E-state index contributed by atoms with van der Waals surface area (Å²) < 4.78 is 30.1. The maximum absolute atomic E-state index is 12.8. The summed E-state index contributed by atoms with van der Waals surface area (Å²) in [5, 5.41) is 3.30. The number of likely N-dealkylation sites (tertiary alicyclic amines) is 1. The fourth-order valence-electron chi connectivity index (χ4n) is 5.28. The van der Waals surface area contributed by atoms with Crippen LogP contribution in [0.4, 0.5) is 5.69 Å². The molecule has 0 aromatic heterocycles. The molecule has 0 saturated carbocycles. The van der Waals surface area contributed by atoms with E-state index >= 15 is 0 Å². The van der Waals surface area contributed by atoms with Crippen molar-refractivity contribution in [3.63, 3.8) is 0 Å². The third-order valence-corrected chi connectivity index (χ3v) is 9.61. The predicted molar refractivity (Wildman–Crippen MR) is 125 cm³/mol. The van der Waals surface area contributed by atoms with Gasteiger partial charge in [-0.3, -0.25) is 9.69 Å². The zero-order valence-electron chi connectivity index (χ0n) is 17.8. The summed E-state index contributed by atoms with van der Waals surface area (Å²) in [6, 6.07) is 13.1. The molecule has 8 heteroatoms. The first-order valence-corrected chi connectivity index (χ1v) is 13.2. The number of piperidine rings is 1. The molecule has 3 aliphatic rings. The van der Waals surface area contributed by atoms with Gasteiger partial charge in [-0.05, 0) is 80.2 Å². The number of ether oxygens (including phenoxy) is 1. The van der Waals surface area contributed by atoms with Gasteiger partial charge in [-0.2, -0.15) is 0 Å². The van der Waals surface area contributed by atoms with Crippen LogP contribution in [0.15, 0.2) is 42.5 Å². The van der Waals surface area contributed by atoms with Crippen molar-refractivity contribution < 1.29 is 17.9 Å². The molecular weight excluding hydrogens is 448 g/mol. The smallest absolute Gasteiger partial charge is 0.235 e. The standard InChI is InChI=1S/C24H27ClN2O4S/c25-18-5-8-21-20(16-18)24(23(28)26-21)9-11-27(12-10-24)13-14-31-19-6-3-17(4-7-19)22-2-1-15-32(22,29)30/h3-8,16,22H,1-2,9-15H2,(H,26,28)/t22-/m0/s1. The molecule has 0 unspecified atom stereocenters. The lowest BCUT2D eigenvalue weighted by Crippen LogP contribution is -2.47. The van der Waals surface area contributed by atoms with Crippen molar-refractivity contribution in [1.29, 1.82) is 0 Å². The van der Waals surface area contributed by atoms with Crippen LogP contribution in [0.3, 0.4) is 0 Å². The first-order chi connectivity index (χ1) is 15.4. The van der Waals surface area contributed by atoms with Crippen molar-refractivity contribution >= 4 is 33.0 Å². The number of hydrogen-bond donors (Lipinski definition) is 1. The molecule has 2 fully saturated rings. The Hall–Kier alpha value is -2.09. The van der Waals surface area contributed by atoms with Crippen molar-refractivity contribution in [2.45, 2.75) is 36.3 Å². The molecular formula is C24H27ClN2O4S. The minimum atomic E-state index is -3.00. The monoisotopic (exact) mass is 474 g/mol. The van der Waals surface area contributed by atoms with E-state index in [0.717, 1.165) is 61.5 Å². The molecule has 2 aromatic carbocycles.